The quantitative estimate of drug-likeness (QED) is 0.474. The molecule has 0 radical (unpaired) electrons. The highest BCUT2D eigenvalue weighted by Crippen LogP contribution is 2.33. The van der Waals surface area contributed by atoms with Gasteiger partial charge in [-0.2, -0.15) is 0 Å². The van der Waals surface area contributed by atoms with Gasteiger partial charge in [-0.1, -0.05) is 53.8 Å². The Morgan fingerprint density at radius 2 is 1.65 bits per heavy atom. The SMILES string of the molecule is CS(=O)(=O)c1cccc2sc(N3CCN(C(=O)c4cccc5ccccc45)CC3)nc12. The Morgan fingerprint density at radius 1 is 0.935 bits per heavy atom. The molecule has 1 saturated heterocycles. The van der Waals surface area contributed by atoms with Gasteiger partial charge in [0, 0.05) is 38.0 Å². The van der Waals surface area contributed by atoms with E-state index in [0.717, 1.165) is 26.2 Å². The number of hydrogen-bond acceptors (Lipinski definition) is 6. The highest BCUT2D eigenvalue weighted by Gasteiger charge is 2.25. The predicted octanol–water partition coefficient (Wildman–Crippen LogP) is 3.82. The Hall–Kier alpha value is -2.97. The lowest BCUT2D eigenvalue weighted by Gasteiger charge is -2.34. The van der Waals surface area contributed by atoms with Crippen molar-refractivity contribution in [3.63, 3.8) is 0 Å². The third-order valence-corrected chi connectivity index (χ3v) is 7.84. The van der Waals surface area contributed by atoms with E-state index in [9.17, 15) is 13.2 Å². The number of anilines is 1. The smallest absolute Gasteiger partial charge is 0.254 e. The summed E-state index contributed by atoms with van der Waals surface area (Å²) in [4.78, 5) is 22.1. The van der Waals surface area contributed by atoms with E-state index in [1.165, 1.54) is 17.6 Å². The van der Waals surface area contributed by atoms with Crippen LogP contribution in [0.4, 0.5) is 5.13 Å². The number of amides is 1. The number of para-hydroxylation sites is 1. The van der Waals surface area contributed by atoms with Crippen LogP contribution in [0.3, 0.4) is 0 Å². The van der Waals surface area contributed by atoms with Crippen LogP contribution in [0.1, 0.15) is 10.4 Å². The normalized spacial score (nSPS) is 15.0. The maximum Gasteiger partial charge on any atom is 0.254 e. The van der Waals surface area contributed by atoms with Crippen molar-refractivity contribution in [3.05, 3.63) is 66.2 Å². The molecule has 158 valence electrons. The van der Waals surface area contributed by atoms with Gasteiger partial charge in [-0.05, 0) is 29.0 Å². The number of thiazole rings is 1. The van der Waals surface area contributed by atoms with E-state index < -0.39 is 9.84 Å². The van der Waals surface area contributed by atoms with Gasteiger partial charge in [0.1, 0.15) is 5.52 Å². The van der Waals surface area contributed by atoms with E-state index in [0.29, 0.717) is 31.7 Å². The second-order valence-corrected chi connectivity index (χ2v) is 10.7. The number of piperazine rings is 1. The van der Waals surface area contributed by atoms with Crippen molar-refractivity contribution in [1.82, 2.24) is 9.88 Å². The summed E-state index contributed by atoms with van der Waals surface area (Å²) in [5, 5.41) is 2.82. The Balaban J connectivity index is 1.36. The molecule has 4 aromatic rings. The molecular formula is C23H21N3O3S2. The first-order valence-electron chi connectivity index (χ1n) is 10.0. The van der Waals surface area contributed by atoms with Gasteiger partial charge < -0.3 is 9.80 Å². The van der Waals surface area contributed by atoms with Gasteiger partial charge in [0.25, 0.3) is 5.91 Å². The van der Waals surface area contributed by atoms with Crippen molar-refractivity contribution in [2.45, 2.75) is 4.90 Å². The Morgan fingerprint density at radius 3 is 2.42 bits per heavy atom. The molecule has 0 saturated carbocycles. The molecule has 0 unspecified atom stereocenters. The number of hydrogen-bond donors (Lipinski definition) is 0. The Bertz CT molecular complexity index is 1400. The number of carbonyl (C=O) groups is 1. The highest BCUT2D eigenvalue weighted by atomic mass is 32.2. The molecule has 1 aliphatic rings. The zero-order chi connectivity index (χ0) is 21.6. The molecule has 0 N–H and O–H groups in total. The number of benzene rings is 3. The van der Waals surface area contributed by atoms with E-state index in [-0.39, 0.29) is 10.8 Å². The molecule has 0 spiro atoms. The van der Waals surface area contributed by atoms with Crippen LogP contribution in [0, 0.1) is 0 Å². The monoisotopic (exact) mass is 451 g/mol. The largest absolute Gasteiger partial charge is 0.345 e. The van der Waals surface area contributed by atoms with Crippen LogP contribution in [0.2, 0.25) is 0 Å². The number of rotatable bonds is 3. The van der Waals surface area contributed by atoms with E-state index in [1.54, 1.807) is 12.1 Å². The molecular weight excluding hydrogens is 430 g/mol. The summed E-state index contributed by atoms with van der Waals surface area (Å²) in [6.45, 7) is 2.50. The van der Waals surface area contributed by atoms with Crippen molar-refractivity contribution in [1.29, 1.82) is 0 Å². The first kappa shape index (κ1) is 20.0. The van der Waals surface area contributed by atoms with Crippen LogP contribution in [-0.2, 0) is 9.84 Å². The summed E-state index contributed by atoms with van der Waals surface area (Å²) in [5.74, 6) is 0.0418. The van der Waals surface area contributed by atoms with Gasteiger partial charge in [-0.25, -0.2) is 13.4 Å². The van der Waals surface area contributed by atoms with Gasteiger partial charge in [0.2, 0.25) is 0 Å². The molecule has 1 amide bonds. The molecule has 2 heterocycles. The molecule has 31 heavy (non-hydrogen) atoms. The number of nitrogens with zero attached hydrogens (tertiary/aromatic N) is 3. The minimum absolute atomic E-state index is 0.0418. The van der Waals surface area contributed by atoms with E-state index >= 15 is 0 Å². The van der Waals surface area contributed by atoms with E-state index in [1.807, 2.05) is 53.4 Å². The van der Waals surface area contributed by atoms with Crippen LogP contribution in [0.15, 0.2) is 65.6 Å². The fraction of sp³-hybridized carbons (Fsp3) is 0.217. The first-order chi connectivity index (χ1) is 14.9. The summed E-state index contributed by atoms with van der Waals surface area (Å²) in [6.07, 6.45) is 1.21. The number of fused-ring (bicyclic) bond motifs is 2. The van der Waals surface area contributed by atoms with Gasteiger partial charge in [-0.3, -0.25) is 4.79 Å². The molecule has 0 bridgehead atoms. The summed E-state index contributed by atoms with van der Waals surface area (Å²) in [7, 11) is -3.34. The molecule has 0 atom stereocenters. The molecule has 3 aromatic carbocycles. The highest BCUT2D eigenvalue weighted by molar-refractivity contribution is 7.91. The lowest BCUT2D eigenvalue weighted by Crippen LogP contribution is -2.48. The summed E-state index contributed by atoms with van der Waals surface area (Å²) < 4.78 is 25.0. The molecule has 1 fully saturated rings. The zero-order valence-corrected chi connectivity index (χ0v) is 18.6. The molecule has 5 rings (SSSR count). The van der Waals surface area contributed by atoms with Gasteiger partial charge in [0.15, 0.2) is 15.0 Å². The fourth-order valence-corrected chi connectivity index (χ4v) is 5.97. The average Bonchev–Trinajstić information content (AvgIpc) is 3.22. The molecule has 8 heteroatoms. The lowest BCUT2D eigenvalue weighted by molar-refractivity contribution is 0.0748. The van der Waals surface area contributed by atoms with E-state index in [4.69, 9.17) is 0 Å². The minimum Gasteiger partial charge on any atom is -0.345 e. The number of carbonyl (C=O) groups excluding carboxylic acids is 1. The predicted molar refractivity (Wildman–Crippen MR) is 125 cm³/mol. The maximum absolute atomic E-state index is 13.2. The van der Waals surface area contributed by atoms with Gasteiger partial charge in [0.05, 0.1) is 9.60 Å². The summed E-state index contributed by atoms with van der Waals surface area (Å²) in [5.41, 5.74) is 1.25. The topological polar surface area (TPSA) is 70.6 Å². The number of sulfone groups is 1. The second kappa shape index (κ2) is 7.62. The van der Waals surface area contributed by atoms with Crippen LogP contribution in [0.25, 0.3) is 21.0 Å². The molecule has 6 nitrogen and oxygen atoms in total. The zero-order valence-electron chi connectivity index (χ0n) is 17.0. The van der Waals surface area contributed by atoms with Gasteiger partial charge >= 0.3 is 0 Å². The Labute approximate surface area is 184 Å². The first-order valence-corrected chi connectivity index (χ1v) is 12.7. The molecule has 1 aromatic heterocycles. The van der Waals surface area contributed by atoms with Crippen molar-refractivity contribution in [3.8, 4) is 0 Å². The second-order valence-electron chi connectivity index (χ2n) is 7.68. The third-order valence-electron chi connectivity index (χ3n) is 5.63. The van der Waals surface area contributed by atoms with Crippen molar-refractivity contribution in [2.75, 3.05) is 37.3 Å². The lowest BCUT2D eigenvalue weighted by atomic mass is 10.0. The standard InChI is InChI=1S/C23H21N3O3S2/c1-31(28,29)20-11-5-10-19-21(20)24-23(30-19)26-14-12-25(13-15-26)22(27)18-9-4-7-16-6-2-3-8-17(16)18/h2-11H,12-15H2,1H3. The Kier molecular flexibility index (Phi) is 4.91. The fourth-order valence-electron chi connectivity index (χ4n) is 4.03. The van der Waals surface area contributed by atoms with E-state index in [2.05, 4.69) is 9.88 Å². The average molecular weight is 452 g/mol. The maximum atomic E-state index is 13.2. The van der Waals surface area contributed by atoms with Crippen LogP contribution >= 0.6 is 11.3 Å². The summed E-state index contributed by atoms with van der Waals surface area (Å²) in [6, 6.07) is 19.0. The minimum atomic E-state index is -3.34. The third kappa shape index (κ3) is 3.66. The van der Waals surface area contributed by atoms with Gasteiger partial charge in [-0.15, -0.1) is 0 Å². The van der Waals surface area contributed by atoms with Crippen molar-refractivity contribution < 1.29 is 13.2 Å². The molecule has 1 aliphatic heterocycles. The van der Waals surface area contributed by atoms with Crippen LogP contribution < -0.4 is 4.90 Å². The van der Waals surface area contributed by atoms with Crippen molar-refractivity contribution >= 4 is 53.2 Å². The van der Waals surface area contributed by atoms with Crippen LogP contribution in [-0.4, -0.2) is 56.6 Å². The van der Waals surface area contributed by atoms with Crippen LogP contribution in [0.5, 0.6) is 0 Å². The number of aromatic nitrogens is 1. The summed E-state index contributed by atoms with van der Waals surface area (Å²) >= 11 is 1.49. The van der Waals surface area contributed by atoms with Crippen molar-refractivity contribution in [2.24, 2.45) is 0 Å². The molecule has 0 aliphatic carbocycles.